The molecule has 1 amide bonds. The van der Waals surface area contributed by atoms with Gasteiger partial charge in [-0.2, -0.15) is 0 Å². The molecule has 0 spiro atoms. The van der Waals surface area contributed by atoms with Gasteiger partial charge < -0.3 is 11.1 Å². The van der Waals surface area contributed by atoms with Gasteiger partial charge in [-0.3, -0.25) is 14.9 Å². The van der Waals surface area contributed by atoms with E-state index in [1.807, 2.05) is 0 Å². The number of hydrogen-bond donors (Lipinski definition) is 2. The molecule has 0 fully saturated rings. The molecule has 9 heteroatoms. The largest absolute Gasteiger partial charge is 0.373 e. The summed E-state index contributed by atoms with van der Waals surface area (Å²) in [7, 11) is 0. The Balaban J connectivity index is 2.38. The summed E-state index contributed by atoms with van der Waals surface area (Å²) >= 11 is 11.7. The number of nitrogens with one attached hydrogen (secondary N) is 1. The summed E-state index contributed by atoms with van der Waals surface area (Å²) in [5.74, 6) is -1.43. The van der Waals surface area contributed by atoms with Crippen LogP contribution in [-0.2, 0) is 0 Å². The third kappa shape index (κ3) is 3.74. The van der Waals surface area contributed by atoms with Crippen molar-refractivity contribution < 1.29 is 14.1 Å². The molecule has 0 aliphatic carbocycles. The van der Waals surface area contributed by atoms with Gasteiger partial charge in [-0.25, -0.2) is 4.39 Å². The zero-order valence-corrected chi connectivity index (χ0v) is 13.9. The minimum absolute atomic E-state index is 0.00970. The molecular formula is C15H12Cl2FN3O3. The van der Waals surface area contributed by atoms with Crippen molar-refractivity contribution >= 4 is 40.5 Å². The predicted octanol–water partition coefficient (Wildman–Crippen LogP) is 4.31. The molecule has 0 heterocycles. The second-order valence-corrected chi connectivity index (χ2v) is 5.82. The van der Waals surface area contributed by atoms with Crippen molar-refractivity contribution in [3.8, 4) is 0 Å². The Morgan fingerprint density at radius 3 is 2.54 bits per heavy atom. The first-order valence-corrected chi connectivity index (χ1v) is 7.45. The van der Waals surface area contributed by atoms with Gasteiger partial charge in [-0.05, 0) is 36.8 Å². The lowest BCUT2D eigenvalue weighted by molar-refractivity contribution is -0.384. The van der Waals surface area contributed by atoms with E-state index in [0.717, 1.165) is 12.1 Å². The van der Waals surface area contributed by atoms with Crippen LogP contribution in [0.1, 0.15) is 28.9 Å². The van der Waals surface area contributed by atoms with Crippen molar-refractivity contribution in [3.63, 3.8) is 0 Å². The summed E-state index contributed by atoms with van der Waals surface area (Å²) in [6, 6.07) is 5.65. The van der Waals surface area contributed by atoms with Crippen molar-refractivity contribution in [2.45, 2.75) is 13.0 Å². The van der Waals surface area contributed by atoms with E-state index < -0.39 is 22.7 Å². The Morgan fingerprint density at radius 2 is 1.96 bits per heavy atom. The lowest BCUT2D eigenvalue weighted by atomic mass is 10.1. The van der Waals surface area contributed by atoms with Crippen LogP contribution in [-0.4, -0.2) is 10.8 Å². The highest BCUT2D eigenvalue weighted by Crippen LogP contribution is 2.33. The van der Waals surface area contributed by atoms with Gasteiger partial charge in [-0.1, -0.05) is 23.2 Å². The molecule has 6 nitrogen and oxygen atoms in total. The number of nitro benzene ring substituents is 1. The van der Waals surface area contributed by atoms with Gasteiger partial charge in [0.2, 0.25) is 5.91 Å². The average molecular weight is 372 g/mol. The smallest absolute Gasteiger partial charge is 0.293 e. The number of carbonyl (C=O) groups excluding carboxylic acids is 1. The number of nitrogens with zero attached hydrogens (tertiary/aromatic N) is 1. The molecule has 2 aromatic carbocycles. The molecule has 0 saturated carbocycles. The highest BCUT2D eigenvalue weighted by molar-refractivity contribution is 6.35. The molecule has 0 bridgehead atoms. The summed E-state index contributed by atoms with van der Waals surface area (Å²) in [6.45, 7) is 1.65. The van der Waals surface area contributed by atoms with E-state index in [9.17, 15) is 19.3 Å². The van der Waals surface area contributed by atoms with E-state index in [1.165, 1.54) is 18.2 Å². The number of halogens is 3. The van der Waals surface area contributed by atoms with Gasteiger partial charge >= 0.3 is 0 Å². The fourth-order valence-corrected chi connectivity index (χ4v) is 2.69. The van der Waals surface area contributed by atoms with Gasteiger partial charge in [0.15, 0.2) is 0 Å². The van der Waals surface area contributed by atoms with Crippen LogP contribution in [0.25, 0.3) is 0 Å². The van der Waals surface area contributed by atoms with E-state index >= 15 is 0 Å². The molecule has 0 aliphatic heterocycles. The molecule has 0 aromatic heterocycles. The minimum atomic E-state index is -0.777. The Morgan fingerprint density at radius 1 is 1.29 bits per heavy atom. The average Bonchev–Trinajstić information content (AvgIpc) is 2.50. The van der Waals surface area contributed by atoms with Crippen molar-refractivity contribution in [2.75, 3.05) is 5.32 Å². The number of anilines is 1. The standard InChI is InChI=1S/C15H12Cl2FN3O3/c1-7(9-5-12(18)11(17)6-10(9)16)20-13-3-2-8(15(19)22)4-14(13)21(23)24/h2-7,20H,1H3,(H2,19,22)/t7-/m1/s1. The van der Waals surface area contributed by atoms with E-state index in [4.69, 9.17) is 28.9 Å². The Hall–Kier alpha value is -2.38. The molecular weight excluding hydrogens is 360 g/mol. The number of hydrogen-bond acceptors (Lipinski definition) is 4. The topological polar surface area (TPSA) is 98.3 Å². The van der Waals surface area contributed by atoms with Gasteiger partial charge in [0, 0.05) is 16.7 Å². The molecule has 1 atom stereocenters. The quantitative estimate of drug-likeness (QED) is 0.464. The van der Waals surface area contributed by atoms with E-state index in [-0.39, 0.29) is 27.0 Å². The molecule has 2 aromatic rings. The Kier molecular flexibility index (Phi) is 5.26. The Labute approximate surface area is 146 Å². The molecule has 126 valence electrons. The zero-order chi connectivity index (χ0) is 18.0. The maximum atomic E-state index is 13.6. The number of rotatable bonds is 5. The highest BCUT2D eigenvalue weighted by atomic mass is 35.5. The van der Waals surface area contributed by atoms with Gasteiger partial charge in [0.25, 0.3) is 5.69 Å². The fourth-order valence-electron chi connectivity index (χ4n) is 2.14. The van der Waals surface area contributed by atoms with Crippen LogP contribution in [0, 0.1) is 15.9 Å². The van der Waals surface area contributed by atoms with E-state index in [1.54, 1.807) is 6.92 Å². The predicted molar refractivity (Wildman–Crippen MR) is 90.1 cm³/mol. The minimum Gasteiger partial charge on any atom is -0.373 e. The number of amides is 1. The molecule has 0 aliphatic rings. The van der Waals surface area contributed by atoms with Gasteiger partial charge in [0.1, 0.15) is 11.5 Å². The highest BCUT2D eigenvalue weighted by Gasteiger charge is 2.20. The van der Waals surface area contributed by atoms with Gasteiger partial charge in [0.05, 0.1) is 16.0 Å². The maximum Gasteiger partial charge on any atom is 0.293 e. The normalized spacial score (nSPS) is 11.8. The summed E-state index contributed by atoms with van der Waals surface area (Å²) in [5.41, 5.74) is 5.33. The monoisotopic (exact) mass is 371 g/mol. The zero-order valence-electron chi connectivity index (χ0n) is 12.3. The number of carbonyl (C=O) groups is 1. The van der Waals surface area contributed by atoms with E-state index in [2.05, 4.69) is 5.32 Å². The van der Waals surface area contributed by atoms with Crippen LogP contribution >= 0.6 is 23.2 Å². The second-order valence-electron chi connectivity index (χ2n) is 5.01. The van der Waals surface area contributed by atoms with Crippen LogP contribution in [0.2, 0.25) is 10.0 Å². The first kappa shape index (κ1) is 18.0. The first-order valence-electron chi connectivity index (χ1n) is 6.70. The van der Waals surface area contributed by atoms with Crippen LogP contribution in [0.15, 0.2) is 30.3 Å². The molecule has 0 radical (unpaired) electrons. The van der Waals surface area contributed by atoms with Crippen molar-refractivity contribution in [3.05, 3.63) is 67.4 Å². The second kappa shape index (κ2) is 7.02. The summed E-state index contributed by atoms with van der Waals surface area (Å²) in [5, 5.41) is 14.2. The Bertz CT molecular complexity index is 830. The van der Waals surface area contributed by atoms with Gasteiger partial charge in [-0.15, -0.1) is 0 Å². The van der Waals surface area contributed by atoms with Crippen molar-refractivity contribution in [1.29, 1.82) is 0 Å². The number of primary amides is 1. The molecule has 0 saturated heterocycles. The van der Waals surface area contributed by atoms with Crippen LogP contribution in [0.5, 0.6) is 0 Å². The molecule has 0 unspecified atom stereocenters. The van der Waals surface area contributed by atoms with Crippen LogP contribution in [0.4, 0.5) is 15.8 Å². The van der Waals surface area contributed by atoms with Crippen LogP contribution < -0.4 is 11.1 Å². The summed E-state index contributed by atoms with van der Waals surface area (Å²) in [6.07, 6.45) is 0. The molecule has 3 N–H and O–H groups in total. The molecule has 2 rings (SSSR count). The number of benzene rings is 2. The fraction of sp³-hybridized carbons (Fsp3) is 0.133. The number of nitro groups is 1. The number of nitrogens with two attached hydrogens (primary N) is 1. The lowest BCUT2D eigenvalue weighted by Crippen LogP contribution is -2.13. The third-order valence-electron chi connectivity index (χ3n) is 3.36. The SMILES string of the molecule is C[C@@H](Nc1ccc(C(N)=O)cc1[N+](=O)[O-])c1cc(F)c(Cl)cc1Cl. The lowest BCUT2D eigenvalue weighted by Gasteiger charge is -2.17. The molecule has 24 heavy (non-hydrogen) atoms. The van der Waals surface area contributed by atoms with Crippen molar-refractivity contribution in [2.24, 2.45) is 5.73 Å². The summed E-state index contributed by atoms with van der Waals surface area (Å²) in [4.78, 5) is 21.7. The maximum absolute atomic E-state index is 13.6. The summed E-state index contributed by atoms with van der Waals surface area (Å²) < 4.78 is 13.6. The first-order chi connectivity index (χ1) is 11.2. The van der Waals surface area contributed by atoms with E-state index in [0.29, 0.717) is 5.56 Å². The van der Waals surface area contributed by atoms with Crippen molar-refractivity contribution in [1.82, 2.24) is 0 Å². The van der Waals surface area contributed by atoms with Crippen LogP contribution in [0.3, 0.4) is 0 Å². The third-order valence-corrected chi connectivity index (χ3v) is 3.97.